The molecule has 1 aliphatic rings. The van der Waals surface area contributed by atoms with E-state index in [2.05, 4.69) is 0 Å². The van der Waals surface area contributed by atoms with Gasteiger partial charge in [0.15, 0.2) is 0 Å². The number of carbonyl (C=O) groups excluding carboxylic acids is 1. The number of sulfonamides is 2. The van der Waals surface area contributed by atoms with Crippen LogP contribution < -0.4 is 19.1 Å². The maximum atomic E-state index is 13.6. The van der Waals surface area contributed by atoms with Crippen LogP contribution in [-0.2, 0) is 31.0 Å². The minimum absolute atomic E-state index is 0.0652. The summed E-state index contributed by atoms with van der Waals surface area (Å²) < 4.78 is 101. The molecule has 1 heterocycles. The van der Waals surface area contributed by atoms with Gasteiger partial charge in [0.1, 0.15) is 11.9 Å². The van der Waals surface area contributed by atoms with Crippen molar-refractivity contribution in [3.05, 3.63) is 77.9 Å². The normalized spacial score (nSPS) is 15.4. The van der Waals surface area contributed by atoms with E-state index in [-0.39, 0.29) is 22.0 Å². The van der Waals surface area contributed by atoms with Gasteiger partial charge in [0, 0.05) is 5.69 Å². The summed E-state index contributed by atoms with van der Waals surface area (Å²) >= 11 is 0. The Morgan fingerprint density at radius 2 is 1.73 bits per heavy atom. The molecule has 0 saturated heterocycles. The van der Waals surface area contributed by atoms with Crippen LogP contribution in [0.1, 0.15) is 17.5 Å². The number of alkyl halides is 3. The molecule has 1 unspecified atom stereocenters. The first-order valence-electron chi connectivity index (χ1n) is 11.7. The van der Waals surface area contributed by atoms with Gasteiger partial charge < -0.3 is 9.84 Å². The molecule has 3 N–H and O–H groups in total. The van der Waals surface area contributed by atoms with Gasteiger partial charge in [-0.2, -0.15) is 13.2 Å². The molecule has 4 rings (SSSR count). The average molecular weight is 614 g/mol. The second-order valence-corrected chi connectivity index (χ2v) is 12.4. The molecule has 16 heteroatoms. The van der Waals surface area contributed by atoms with E-state index in [0.29, 0.717) is 22.0 Å². The third-order valence-electron chi connectivity index (χ3n) is 5.94. The zero-order chi connectivity index (χ0) is 30.2. The molecule has 218 valence electrons. The number of nitrogens with zero attached hydrogens (tertiary/aromatic N) is 1. The molecule has 0 bridgehead atoms. The highest BCUT2D eigenvalue weighted by molar-refractivity contribution is 7.92. The Morgan fingerprint density at radius 1 is 1.02 bits per heavy atom. The van der Waals surface area contributed by atoms with E-state index < -0.39 is 67.8 Å². The van der Waals surface area contributed by atoms with Gasteiger partial charge in [0.25, 0.3) is 20.0 Å². The first kappa shape index (κ1) is 29.7. The molecule has 1 atom stereocenters. The molecule has 1 aliphatic heterocycles. The monoisotopic (exact) mass is 613 g/mol. The van der Waals surface area contributed by atoms with Gasteiger partial charge in [-0.1, -0.05) is 24.3 Å². The lowest BCUT2D eigenvalue weighted by Crippen LogP contribution is -2.46. The van der Waals surface area contributed by atoms with E-state index >= 15 is 0 Å². The van der Waals surface area contributed by atoms with Crippen molar-refractivity contribution in [1.29, 1.82) is 0 Å². The maximum Gasteiger partial charge on any atom is 0.416 e. The SMILES string of the molecule is Cc1ccccc1S(=O)(=O)NC(=O)CC1CN(S(=O)(=O)c2cccc(C(F)(F)F)c2)c2cc(NC(=O)O)ccc2O1. The van der Waals surface area contributed by atoms with Crippen molar-refractivity contribution in [1.82, 2.24) is 4.72 Å². The minimum Gasteiger partial charge on any atom is -0.486 e. The second-order valence-electron chi connectivity index (χ2n) is 8.91. The number of nitrogens with one attached hydrogen (secondary N) is 2. The van der Waals surface area contributed by atoms with Gasteiger partial charge in [0.05, 0.1) is 34.0 Å². The number of amides is 2. The number of benzene rings is 3. The van der Waals surface area contributed by atoms with Crippen LogP contribution in [0, 0.1) is 6.92 Å². The van der Waals surface area contributed by atoms with Gasteiger partial charge in [-0.3, -0.25) is 14.4 Å². The van der Waals surface area contributed by atoms with Crippen LogP contribution in [0.25, 0.3) is 0 Å². The third-order valence-corrected chi connectivity index (χ3v) is 9.24. The van der Waals surface area contributed by atoms with Crippen molar-refractivity contribution in [2.45, 2.75) is 35.4 Å². The van der Waals surface area contributed by atoms with Crippen molar-refractivity contribution in [2.24, 2.45) is 0 Å². The predicted octanol–water partition coefficient (Wildman–Crippen LogP) is 3.96. The quantitative estimate of drug-likeness (QED) is 0.361. The van der Waals surface area contributed by atoms with Crippen molar-refractivity contribution >= 4 is 43.4 Å². The molecule has 11 nitrogen and oxygen atoms in total. The summed E-state index contributed by atoms with van der Waals surface area (Å²) in [6.45, 7) is 0.921. The van der Waals surface area contributed by atoms with E-state index in [9.17, 15) is 39.6 Å². The van der Waals surface area contributed by atoms with Crippen LogP contribution in [0.5, 0.6) is 5.75 Å². The molecule has 0 spiro atoms. The van der Waals surface area contributed by atoms with E-state index in [1.165, 1.54) is 37.3 Å². The summed E-state index contributed by atoms with van der Waals surface area (Å²) in [7, 11) is -9.01. The lowest BCUT2D eigenvalue weighted by atomic mass is 10.1. The Balaban J connectivity index is 1.68. The lowest BCUT2D eigenvalue weighted by Gasteiger charge is -2.35. The number of hydrogen-bond donors (Lipinski definition) is 3. The Morgan fingerprint density at radius 3 is 2.39 bits per heavy atom. The number of halogens is 3. The Labute approximate surface area is 232 Å². The van der Waals surface area contributed by atoms with Crippen molar-refractivity contribution in [2.75, 3.05) is 16.2 Å². The number of hydrogen-bond acceptors (Lipinski definition) is 7. The fraction of sp³-hybridized carbons (Fsp3) is 0.200. The van der Waals surface area contributed by atoms with Gasteiger partial charge in [-0.25, -0.2) is 26.4 Å². The fourth-order valence-corrected chi connectivity index (χ4v) is 6.91. The number of aryl methyl sites for hydroxylation is 1. The molecule has 0 aromatic heterocycles. The second kappa shape index (κ2) is 10.9. The molecular formula is C25H22F3N3O8S2. The third kappa shape index (κ3) is 6.54. The van der Waals surface area contributed by atoms with Gasteiger partial charge in [0.2, 0.25) is 5.91 Å². The topological polar surface area (TPSA) is 159 Å². The first-order chi connectivity index (χ1) is 19.1. The van der Waals surface area contributed by atoms with Crippen molar-refractivity contribution in [3.8, 4) is 5.75 Å². The highest BCUT2D eigenvalue weighted by Gasteiger charge is 2.38. The van der Waals surface area contributed by atoms with Crippen molar-refractivity contribution in [3.63, 3.8) is 0 Å². The van der Waals surface area contributed by atoms with Crippen LogP contribution in [0.4, 0.5) is 29.3 Å². The van der Waals surface area contributed by atoms with Crippen LogP contribution in [0.15, 0.2) is 76.5 Å². The smallest absolute Gasteiger partial charge is 0.416 e. The fourth-order valence-electron chi connectivity index (χ4n) is 4.12. The van der Waals surface area contributed by atoms with Gasteiger partial charge >= 0.3 is 12.3 Å². The molecule has 2 amide bonds. The van der Waals surface area contributed by atoms with Crippen LogP contribution in [0.3, 0.4) is 0 Å². The summed E-state index contributed by atoms with van der Waals surface area (Å²) in [5.74, 6) is -1.16. The Kier molecular flexibility index (Phi) is 7.91. The number of fused-ring (bicyclic) bond motifs is 1. The molecule has 3 aromatic rings. The summed E-state index contributed by atoms with van der Waals surface area (Å²) in [6, 6.07) is 12.5. The van der Waals surface area contributed by atoms with Crippen LogP contribution in [0.2, 0.25) is 0 Å². The number of anilines is 2. The molecule has 41 heavy (non-hydrogen) atoms. The maximum absolute atomic E-state index is 13.6. The van der Waals surface area contributed by atoms with E-state index in [0.717, 1.165) is 18.2 Å². The standard InChI is InChI=1S/C25H22F3N3O8S2/c1-15-5-2-3-8-22(15)40(35,36)30-23(32)13-18-14-31(20-12-17(29-24(33)34)9-10-21(20)39-18)41(37,38)19-7-4-6-16(11-19)25(26,27)28/h2-12,18,29H,13-14H2,1H3,(H,30,32)(H,33,34). The number of carboxylic acid groups (broad SMARTS) is 1. The largest absolute Gasteiger partial charge is 0.486 e. The zero-order valence-electron chi connectivity index (χ0n) is 21.0. The summed E-state index contributed by atoms with van der Waals surface area (Å²) in [5.41, 5.74) is -1.12. The Hall–Kier alpha value is -4.31. The summed E-state index contributed by atoms with van der Waals surface area (Å²) in [4.78, 5) is 23.0. The first-order valence-corrected chi connectivity index (χ1v) is 14.6. The van der Waals surface area contributed by atoms with Crippen LogP contribution in [-0.4, -0.2) is 46.6 Å². The van der Waals surface area contributed by atoms with Crippen LogP contribution >= 0.6 is 0 Å². The minimum atomic E-state index is -4.84. The summed E-state index contributed by atoms with van der Waals surface area (Å²) in [6.07, 6.45) is -8.21. The molecule has 3 aromatic carbocycles. The molecule has 0 radical (unpaired) electrons. The number of ether oxygens (including phenoxy) is 1. The summed E-state index contributed by atoms with van der Waals surface area (Å²) in [5, 5.41) is 11.1. The highest BCUT2D eigenvalue weighted by atomic mass is 32.2. The predicted molar refractivity (Wildman–Crippen MR) is 140 cm³/mol. The highest BCUT2D eigenvalue weighted by Crippen LogP contribution is 2.40. The average Bonchev–Trinajstić information content (AvgIpc) is 2.87. The number of rotatable bonds is 7. The van der Waals surface area contributed by atoms with E-state index in [4.69, 9.17) is 9.84 Å². The number of carbonyl (C=O) groups is 2. The zero-order valence-corrected chi connectivity index (χ0v) is 22.7. The Bertz CT molecular complexity index is 1730. The lowest BCUT2D eigenvalue weighted by molar-refractivity contribution is -0.137. The van der Waals surface area contributed by atoms with Gasteiger partial charge in [-0.05, 0) is 55.0 Å². The van der Waals surface area contributed by atoms with E-state index in [1.54, 1.807) is 6.07 Å². The molecular weight excluding hydrogens is 591 g/mol. The van der Waals surface area contributed by atoms with Crippen molar-refractivity contribution < 1.29 is 49.4 Å². The molecule has 0 aliphatic carbocycles. The molecule has 0 fully saturated rings. The van der Waals surface area contributed by atoms with E-state index in [1.807, 2.05) is 10.0 Å². The molecule has 0 saturated carbocycles. The van der Waals surface area contributed by atoms with Gasteiger partial charge in [-0.15, -0.1) is 0 Å².